The Morgan fingerprint density at radius 2 is 1.83 bits per heavy atom. The maximum Gasteiger partial charge on any atom is 0.261 e. The van der Waals surface area contributed by atoms with Crippen molar-refractivity contribution in [3.05, 3.63) is 57.9 Å². The van der Waals surface area contributed by atoms with E-state index in [-0.39, 0.29) is 11.5 Å². The van der Waals surface area contributed by atoms with Crippen molar-refractivity contribution in [3.8, 4) is 11.8 Å². The molecule has 0 aliphatic heterocycles. The molecular weight excluding hydrogens is 286 g/mol. The van der Waals surface area contributed by atoms with Crippen LogP contribution < -0.4 is 5.32 Å². The number of hydrogen-bond acceptors (Lipinski definition) is 2. The van der Waals surface area contributed by atoms with E-state index in [2.05, 4.69) is 35.9 Å². The number of hydrogen-bond donors (Lipinski definition) is 1. The molecule has 1 aromatic heterocycles. The number of para-hydroxylation sites is 1. The van der Waals surface area contributed by atoms with Crippen LogP contribution in [0.2, 0.25) is 0 Å². The molecule has 0 aliphatic carbocycles. The third kappa shape index (κ3) is 3.04. The minimum Gasteiger partial charge on any atom is -0.354 e. The molecule has 23 heavy (non-hydrogen) atoms. The topological polar surface area (TPSA) is 57.8 Å². The van der Waals surface area contributed by atoms with Gasteiger partial charge in [0.1, 0.15) is 11.6 Å². The molecule has 1 aromatic carbocycles. The van der Waals surface area contributed by atoms with Gasteiger partial charge in [-0.05, 0) is 56.5 Å². The summed E-state index contributed by atoms with van der Waals surface area (Å²) in [7, 11) is 1.52. The van der Waals surface area contributed by atoms with Crippen molar-refractivity contribution >= 4 is 12.0 Å². The summed E-state index contributed by atoms with van der Waals surface area (Å²) in [6.45, 7) is 8.20. The molecule has 0 fully saturated rings. The van der Waals surface area contributed by atoms with E-state index >= 15 is 0 Å². The molecule has 118 valence electrons. The minimum atomic E-state index is -0.371. The Bertz CT molecular complexity index is 815. The molecule has 2 rings (SSSR count). The van der Waals surface area contributed by atoms with E-state index in [0.29, 0.717) is 0 Å². The van der Waals surface area contributed by atoms with Gasteiger partial charge in [-0.3, -0.25) is 4.79 Å². The fraction of sp³-hybridized carbons (Fsp3) is 0.263. The summed E-state index contributed by atoms with van der Waals surface area (Å²) in [5, 5.41) is 11.7. The number of carbonyl (C=O) groups excluding carboxylic acids is 1. The van der Waals surface area contributed by atoms with Crippen LogP contribution in [0.3, 0.4) is 0 Å². The Hall–Kier alpha value is -2.80. The number of nitriles is 1. The van der Waals surface area contributed by atoms with Crippen LogP contribution in [0, 0.1) is 39.0 Å². The van der Waals surface area contributed by atoms with Crippen molar-refractivity contribution < 1.29 is 4.79 Å². The molecule has 1 amide bonds. The number of amides is 1. The second-order valence-corrected chi connectivity index (χ2v) is 5.65. The normalized spacial score (nSPS) is 11.2. The number of nitrogens with one attached hydrogen (secondary N) is 1. The highest BCUT2D eigenvalue weighted by Crippen LogP contribution is 2.27. The lowest BCUT2D eigenvalue weighted by Gasteiger charge is -2.15. The van der Waals surface area contributed by atoms with Crippen molar-refractivity contribution in [2.24, 2.45) is 0 Å². The summed E-state index contributed by atoms with van der Waals surface area (Å²) in [5.41, 5.74) is 6.60. The van der Waals surface area contributed by atoms with Crippen LogP contribution in [0.1, 0.15) is 28.1 Å². The lowest BCUT2D eigenvalue weighted by Crippen LogP contribution is -2.19. The molecule has 1 heterocycles. The van der Waals surface area contributed by atoms with Gasteiger partial charge in [-0.25, -0.2) is 0 Å². The predicted octanol–water partition coefficient (Wildman–Crippen LogP) is 3.36. The largest absolute Gasteiger partial charge is 0.354 e. The lowest BCUT2D eigenvalue weighted by molar-refractivity contribution is -0.116. The molecule has 0 saturated heterocycles. The van der Waals surface area contributed by atoms with Gasteiger partial charge in [0.25, 0.3) is 5.91 Å². The summed E-state index contributed by atoms with van der Waals surface area (Å²) in [5.74, 6) is -0.371. The van der Waals surface area contributed by atoms with Gasteiger partial charge in [-0.15, -0.1) is 0 Å². The van der Waals surface area contributed by atoms with E-state index < -0.39 is 0 Å². The third-order valence-electron chi connectivity index (χ3n) is 4.03. The van der Waals surface area contributed by atoms with E-state index in [1.54, 1.807) is 6.08 Å². The van der Waals surface area contributed by atoms with Gasteiger partial charge in [-0.2, -0.15) is 5.26 Å². The lowest BCUT2D eigenvalue weighted by atomic mass is 10.1. The second kappa shape index (κ2) is 6.53. The predicted molar refractivity (Wildman–Crippen MR) is 92.4 cm³/mol. The van der Waals surface area contributed by atoms with E-state index in [1.165, 1.54) is 18.2 Å². The quantitative estimate of drug-likeness (QED) is 0.698. The Labute approximate surface area is 137 Å². The molecular formula is C19H21N3O. The first-order valence-corrected chi connectivity index (χ1v) is 7.50. The van der Waals surface area contributed by atoms with E-state index in [1.807, 2.05) is 32.0 Å². The Morgan fingerprint density at radius 3 is 2.35 bits per heavy atom. The molecule has 0 atom stereocenters. The maximum absolute atomic E-state index is 11.7. The molecule has 4 heteroatoms. The Morgan fingerprint density at radius 1 is 1.22 bits per heavy atom. The van der Waals surface area contributed by atoms with Crippen LogP contribution in [-0.2, 0) is 4.79 Å². The van der Waals surface area contributed by atoms with Gasteiger partial charge in [-0.1, -0.05) is 18.2 Å². The number of likely N-dealkylation sites (N-methyl/N-ethyl adjacent to an activating group) is 1. The highest BCUT2D eigenvalue weighted by atomic mass is 16.1. The van der Waals surface area contributed by atoms with Crippen molar-refractivity contribution in [2.45, 2.75) is 27.7 Å². The van der Waals surface area contributed by atoms with Gasteiger partial charge in [0.05, 0.1) is 5.69 Å². The zero-order chi connectivity index (χ0) is 17.1. The molecule has 0 radical (unpaired) electrons. The fourth-order valence-electron chi connectivity index (χ4n) is 2.87. The summed E-state index contributed by atoms with van der Waals surface area (Å²) in [6, 6.07) is 10.2. The summed E-state index contributed by atoms with van der Waals surface area (Å²) >= 11 is 0. The zero-order valence-electron chi connectivity index (χ0n) is 14.2. The van der Waals surface area contributed by atoms with Crippen LogP contribution in [-0.4, -0.2) is 17.5 Å². The van der Waals surface area contributed by atoms with Crippen molar-refractivity contribution in [1.82, 2.24) is 9.88 Å². The van der Waals surface area contributed by atoms with Crippen LogP contribution in [0.4, 0.5) is 0 Å². The fourth-order valence-corrected chi connectivity index (χ4v) is 2.87. The molecule has 2 aromatic rings. The van der Waals surface area contributed by atoms with Gasteiger partial charge < -0.3 is 9.88 Å². The van der Waals surface area contributed by atoms with Crippen molar-refractivity contribution in [3.63, 3.8) is 0 Å². The number of carbonyl (C=O) groups is 1. The van der Waals surface area contributed by atoms with Crippen LogP contribution in [0.5, 0.6) is 0 Å². The molecule has 0 bridgehead atoms. The average molecular weight is 307 g/mol. The van der Waals surface area contributed by atoms with E-state index in [9.17, 15) is 10.1 Å². The smallest absolute Gasteiger partial charge is 0.261 e. The Kier molecular flexibility index (Phi) is 4.71. The molecule has 1 N–H and O–H groups in total. The van der Waals surface area contributed by atoms with Crippen LogP contribution in [0.25, 0.3) is 11.8 Å². The van der Waals surface area contributed by atoms with Gasteiger partial charge in [0, 0.05) is 18.4 Å². The van der Waals surface area contributed by atoms with Gasteiger partial charge in [0.15, 0.2) is 0 Å². The van der Waals surface area contributed by atoms with Crippen LogP contribution in [0.15, 0.2) is 29.8 Å². The molecule has 0 saturated carbocycles. The summed E-state index contributed by atoms with van der Waals surface area (Å²) < 4.78 is 2.18. The second-order valence-electron chi connectivity index (χ2n) is 5.65. The van der Waals surface area contributed by atoms with E-state index in [4.69, 9.17) is 0 Å². The number of nitrogens with zero attached hydrogens (tertiary/aromatic N) is 2. The van der Waals surface area contributed by atoms with Gasteiger partial charge >= 0.3 is 0 Å². The molecule has 0 aliphatic rings. The molecule has 4 nitrogen and oxygen atoms in total. The van der Waals surface area contributed by atoms with Crippen LogP contribution >= 0.6 is 0 Å². The first-order chi connectivity index (χ1) is 10.9. The highest BCUT2D eigenvalue weighted by Gasteiger charge is 2.15. The average Bonchev–Trinajstić information content (AvgIpc) is 2.79. The Balaban J connectivity index is 2.64. The van der Waals surface area contributed by atoms with Gasteiger partial charge in [0.2, 0.25) is 0 Å². The van der Waals surface area contributed by atoms with E-state index in [0.717, 1.165) is 22.6 Å². The number of benzene rings is 1. The number of aromatic nitrogens is 1. The standard InChI is InChI=1S/C19H21N3O/c1-12-7-6-8-13(2)18(12)22-14(3)9-16(15(22)4)10-17(11-20)19(23)21-5/h6-10H,1-5H3,(H,21,23)/b17-10-. The summed E-state index contributed by atoms with van der Waals surface area (Å²) in [4.78, 5) is 11.7. The SMILES string of the molecule is CNC(=O)/C(C#N)=C\c1cc(C)n(-c2c(C)cccc2C)c1C. The van der Waals surface area contributed by atoms with Crippen molar-refractivity contribution in [1.29, 1.82) is 5.26 Å². The number of aryl methyl sites for hydroxylation is 3. The first-order valence-electron chi connectivity index (χ1n) is 7.50. The maximum atomic E-state index is 11.7. The third-order valence-corrected chi connectivity index (χ3v) is 4.03. The number of rotatable bonds is 3. The van der Waals surface area contributed by atoms with Crippen molar-refractivity contribution in [2.75, 3.05) is 7.05 Å². The first kappa shape index (κ1) is 16.6. The molecule has 0 unspecified atom stereocenters. The monoisotopic (exact) mass is 307 g/mol. The summed E-state index contributed by atoms with van der Waals surface area (Å²) in [6.07, 6.45) is 1.64. The highest BCUT2D eigenvalue weighted by molar-refractivity contribution is 6.01. The zero-order valence-corrected chi connectivity index (χ0v) is 14.2. The molecule has 0 spiro atoms. The minimum absolute atomic E-state index is 0.106.